The van der Waals surface area contributed by atoms with E-state index in [0.29, 0.717) is 10.8 Å². The third-order valence-electron chi connectivity index (χ3n) is 5.79. The van der Waals surface area contributed by atoms with Crippen LogP contribution in [-0.2, 0) is 6.42 Å². The summed E-state index contributed by atoms with van der Waals surface area (Å²) in [5, 5.41) is 10.5. The summed E-state index contributed by atoms with van der Waals surface area (Å²) >= 11 is 5.91. The Hall–Kier alpha value is -2.25. The molecule has 2 heterocycles. The van der Waals surface area contributed by atoms with E-state index in [9.17, 15) is 4.79 Å². The van der Waals surface area contributed by atoms with Gasteiger partial charge in [0.15, 0.2) is 5.82 Å². The maximum Gasteiger partial charge on any atom is 0.320 e. The average molecular weight is 419 g/mol. The minimum Gasteiger partial charge on any atom is -0.488 e. The van der Waals surface area contributed by atoms with Crippen LogP contribution in [-0.4, -0.2) is 47.4 Å². The molecule has 1 aromatic carbocycles. The van der Waals surface area contributed by atoms with E-state index in [-0.39, 0.29) is 17.7 Å². The molecular weight excluding hydrogens is 392 g/mol. The fourth-order valence-electron chi connectivity index (χ4n) is 3.83. The number of nitrogens with zero attached hydrogens (tertiary/aromatic N) is 2. The quantitative estimate of drug-likeness (QED) is 0.675. The lowest BCUT2D eigenvalue weighted by Crippen LogP contribution is -2.59. The number of carbonyl (C=O) groups excluding carboxylic acids is 1. The van der Waals surface area contributed by atoms with Gasteiger partial charge in [-0.15, -0.1) is 0 Å². The molecule has 1 aliphatic heterocycles. The molecule has 29 heavy (non-hydrogen) atoms. The molecule has 0 atom stereocenters. The number of nitrogens with one attached hydrogen (secondary N) is 2. The van der Waals surface area contributed by atoms with Gasteiger partial charge >= 0.3 is 6.03 Å². The summed E-state index contributed by atoms with van der Waals surface area (Å²) in [6.07, 6.45) is 5.07. The van der Waals surface area contributed by atoms with E-state index in [0.717, 1.165) is 63.2 Å². The second-order valence-electron chi connectivity index (χ2n) is 7.95. The van der Waals surface area contributed by atoms with E-state index >= 15 is 0 Å². The number of rotatable bonds is 8. The Labute approximate surface area is 175 Å². The minimum atomic E-state index is -0.215. The van der Waals surface area contributed by atoms with Gasteiger partial charge in [-0.3, -0.25) is 10.2 Å². The molecule has 0 radical (unpaired) electrons. The van der Waals surface area contributed by atoms with Crippen molar-refractivity contribution in [2.24, 2.45) is 0 Å². The molecule has 1 aromatic heterocycles. The average Bonchev–Trinajstić information content (AvgIpc) is 3.10. The first-order valence-corrected chi connectivity index (χ1v) is 10.6. The third kappa shape index (κ3) is 5.03. The Bertz CT molecular complexity index is 829. The van der Waals surface area contributed by atoms with Gasteiger partial charge in [0.1, 0.15) is 17.6 Å². The summed E-state index contributed by atoms with van der Waals surface area (Å²) in [6, 6.07) is 9.02. The smallest absolute Gasteiger partial charge is 0.320 e. The van der Waals surface area contributed by atoms with E-state index < -0.39 is 0 Å². The zero-order valence-electron chi connectivity index (χ0n) is 16.6. The molecule has 7 nitrogen and oxygen atoms in total. The van der Waals surface area contributed by atoms with E-state index in [1.165, 1.54) is 0 Å². The number of hydrogen-bond acceptors (Lipinski definition) is 5. The molecule has 1 saturated heterocycles. The van der Waals surface area contributed by atoms with Gasteiger partial charge < -0.3 is 14.6 Å². The van der Waals surface area contributed by atoms with Gasteiger partial charge in [0.2, 0.25) is 0 Å². The van der Waals surface area contributed by atoms with Gasteiger partial charge in [-0.05, 0) is 49.9 Å². The van der Waals surface area contributed by atoms with Crippen LogP contribution in [0.3, 0.4) is 0 Å². The summed E-state index contributed by atoms with van der Waals surface area (Å²) in [5.74, 6) is 2.07. The number of benzene rings is 1. The molecule has 156 valence electrons. The Morgan fingerprint density at radius 2 is 2.10 bits per heavy atom. The molecule has 2 N–H and O–H groups in total. The van der Waals surface area contributed by atoms with Crippen molar-refractivity contribution in [2.75, 3.05) is 25.0 Å². The molecule has 2 amide bonds. The van der Waals surface area contributed by atoms with E-state index in [4.69, 9.17) is 20.9 Å². The van der Waals surface area contributed by atoms with Gasteiger partial charge in [0, 0.05) is 42.7 Å². The van der Waals surface area contributed by atoms with Crippen molar-refractivity contribution < 1.29 is 14.1 Å². The summed E-state index contributed by atoms with van der Waals surface area (Å²) in [7, 11) is 0. The van der Waals surface area contributed by atoms with Crippen LogP contribution in [0.5, 0.6) is 5.75 Å². The fourth-order valence-corrected chi connectivity index (χ4v) is 3.95. The van der Waals surface area contributed by atoms with Gasteiger partial charge in [-0.1, -0.05) is 23.7 Å². The lowest BCUT2D eigenvalue weighted by atomic mass is 9.74. The van der Waals surface area contributed by atoms with Crippen LogP contribution in [0.25, 0.3) is 0 Å². The molecule has 0 bridgehead atoms. The van der Waals surface area contributed by atoms with Crippen molar-refractivity contribution in [3.05, 3.63) is 41.1 Å². The highest BCUT2D eigenvalue weighted by atomic mass is 35.5. The lowest BCUT2D eigenvalue weighted by molar-refractivity contribution is 0.0101. The highest BCUT2D eigenvalue weighted by Crippen LogP contribution is 2.35. The number of likely N-dealkylation sites (tertiary alicyclic amines) is 1. The standard InChI is InChI=1S/C21H27ClN4O3/c1-2-16-12-19(25-29-16)23-20(27)24-21(8-3-9-21)10-11-26-13-18(14-26)28-17-6-4-15(22)5-7-17/h4-7,12,18H,2-3,8-11,13-14H2,1H3,(H2,23,24,25,27). The zero-order chi connectivity index (χ0) is 20.3. The van der Waals surface area contributed by atoms with E-state index in [1.807, 2.05) is 31.2 Å². The zero-order valence-corrected chi connectivity index (χ0v) is 17.4. The summed E-state index contributed by atoms with van der Waals surface area (Å²) in [6.45, 7) is 4.74. The van der Waals surface area contributed by atoms with E-state index in [1.54, 1.807) is 6.07 Å². The number of aryl methyl sites for hydroxylation is 1. The van der Waals surface area contributed by atoms with Crippen molar-refractivity contribution in [3.63, 3.8) is 0 Å². The predicted octanol–water partition coefficient (Wildman–Crippen LogP) is 4.09. The topological polar surface area (TPSA) is 79.6 Å². The molecular formula is C21H27ClN4O3. The monoisotopic (exact) mass is 418 g/mol. The van der Waals surface area contributed by atoms with Crippen LogP contribution in [0.1, 0.15) is 38.4 Å². The number of ether oxygens (including phenoxy) is 1. The first-order valence-electron chi connectivity index (χ1n) is 10.2. The molecule has 2 fully saturated rings. The van der Waals surface area contributed by atoms with Crippen LogP contribution >= 0.6 is 11.6 Å². The van der Waals surface area contributed by atoms with Crippen molar-refractivity contribution in [1.82, 2.24) is 15.4 Å². The molecule has 8 heteroatoms. The molecule has 0 spiro atoms. The van der Waals surface area contributed by atoms with E-state index in [2.05, 4.69) is 20.7 Å². The van der Waals surface area contributed by atoms with Crippen molar-refractivity contribution in [1.29, 1.82) is 0 Å². The number of halogens is 1. The largest absolute Gasteiger partial charge is 0.488 e. The Balaban J connectivity index is 1.19. The number of anilines is 1. The van der Waals surface area contributed by atoms with Gasteiger partial charge in [0.25, 0.3) is 0 Å². The van der Waals surface area contributed by atoms with Crippen LogP contribution in [0, 0.1) is 0 Å². The summed E-state index contributed by atoms with van der Waals surface area (Å²) in [4.78, 5) is 14.7. The normalized spacial score (nSPS) is 18.6. The van der Waals surface area contributed by atoms with Crippen molar-refractivity contribution in [2.45, 2.75) is 50.7 Å². The number of hydrogen-bond donors (Lipinski definition) is 2. The van der Waals surface area contributed by atoms with Crippen LogP contribution in [0.2, 0.25) is 5.02 Å². The van der Waals surface area contributed by atoms with Gasteiger partial charge in [-0.2, -0.15) is 0 Å². The molecule has 0 unspecified atom stereocenters. The van der Waals surface area contributed by atoms with Crippen LogP contribution < -0.4 is 15.4 Å². The molecule has 1 saturated carbocycles. The molecule has 2 aromatic rings. The number of carbonyl (C=O) groups is 1. The van der Waals surface area contributed by atoms with Gasteiger partial charge in [-0.25, -0.2) is 4.79 Å². The van der Waals surface area contributed by atoms with Crippen molar-refractivity contribution in [3.8, 4) is 5.75 Å². The molecule has 1 aliphatic carbocycles. The second kappa shape index (κ2) is 8.63. The highest BCUT2D eigenvalue weighted by molar-refractivity contribution is 6.30. The fraction of sp³-hybridized carbons (Fsp3) is 0.524. The summed E-state index contributed by atoms with van der Waals surface area (Å²) in [5.41, 5.74) is -0.121. The summed E-state index contributed by atoms with van der Waals surface area (Å²) < 4.78 is 11.1. The maximum absolute atomic E-state index is 12.4. The SMILES string of the molecule is CCc1cc(NC(=O)NC2(CCN3CC(Oc4ccc(Cl)cc4)C3)CCC2)no1. The Morgan fingerprint density at radius 1 is 1.34 bits per heavy atom. The molecule has 2 aliphatic rings. The second-order valence-corrected chi connectivity index (χ2v) is 8.38. The van der Waals surface area contributed by atoms with Crippen molar-refractivity contribution >= 4 is 23.4 Å². The van der Waals surface area contributed by atoms with Crippen LogP contribution in [0.4, 0.5) is 10.6 Å². The number of urea groups is 1. The van der Waals surface area contributed by atoms with Crippen LogP contribution in [0.15, 0.2) is 34.9 Å². The number of amides is 2. The first-order chi connectivity index (χ1) is 14.0. The Morgan fingerprint density at radius 3 is 2.72 bits per heavy atom. The third-order valence-corrected chi connectivity index (χ3v) is 6.04. The Kier molecular flexibility index (Phi) is 5.96. The highest BCUT2D eigenvalue weighted by Gasteiger charge is 2.40. The van der Waals surface area contributed by atoms with Gasteiger partial charge in [0.05, 0.1) is 0 Å². The number of aromatic nitrogens is 1. The predicted molar refractivity (Wildman–Crippen MR) is 112 cm³/mol. The lowest BCUT2D eigenvalue weighted by Gasteiger charge is -2.46. The maximum atomic E-state index is 12.4. The molecule has 4 rings (SSSR count). The minimum absolute atomic E-state index is 0.121. The first kappa shape index (κ1) is 20.0.